The number of nitrogens with one attached hydrogen (secondary N) is 2. The first-order chi connectivity index (χ1) is 12.8. The monoisotopic (exact) mass is 376 g/mol. The molecule has 0 saturated carbocycles. The highest BCUT2D eigenvalue weighted by Gasteiger charge is 2.23. The fraction of sp³-hybridized carbons (Fsp3) is 0.667. The largest absolute Gasteiger partial charge is 0.374 e. The molecule has 27 heavy (non-hydrogen) atoms. The maximum atomic E-state index is 12.2. The van der Waals surface area contributed by atoms with Crippen molar-refractivity contribution < 1.29 is 9.53 Å². The molecule has 1 fully saturated rings. The van der Waals surface area contributed by atoms with Crippen LogP contribution in [-0.4, -0.2) is 74.8 Å². The Hall–Kier alpha value is -1.63. The van der Waals surface area contributed by atoms with Gasteiger partial charge in [0, 0.05) is 26.2 Å². The molecule has 152 valence electrons. The average molecular weight is 377 g/mol. The zero-order valence-corrected chi connectivity index (χ0v) is 17.3. The van der Waals surface area contributed by atoms with Crippen LogP contribution in [0.3, 0.4) is 0 Å². The van der Waals surface area contributed by atoms with Crippen molar-refractivity contribution in [3.8, 4) is 0 Å². The van der Waals surface area contributed by atoms with Crippen molar-refractivity contribution in [1.29, 1.82) is 0 Å². The van der Waals surface area contributed by atoms with E-state index < -0.39 is 5.54 Å². The van der Waals surface area contributed by atoms with E-state index in [4.69, 9.17) is 4.74 Å². The lowest BCUT2D eigenvalue weighted by atomic mass is 10.1. The smallest absolute Gasteiger partial charge is 0.315 e. The average Bonchev–Trinajstić information content (AvgIpc) is 3.01. The van der Waals surface area contributed by atoms with Crippen LogP contribution in [0, 0.1) is 5.92 Å². The van der Waals surface area contributed by atoms with Crippen LogP contribution in [0.4, 0.5) is 4.79 Å². The van der Waals surface area contributed by atoms with Crippen LogP contribution in [0.2, 0.25) is 0 Å². The molecule has 0 aliphatic carbocycles. The summed E-state index contributed by atoms with van der Waals surface area (Å²) >= 11 is 0. The Morgan fingerprint density at radius 3 is 2.74 bits per heavy atom. The van der Waals surface area contributed by atoms with E-state index in [0.717, 1.165) is 37.7 Å². The minimum absolute atomic E-state index is 0.132. The van der Waals surface area contributed by atoms with Crippen molar-refractivity contribution in [3.05, 3.63) is 35.9 Å². The predicted molar refractivity (Wildman–Crippen MR) is 110 cm³/mol. The molecule has 1 unspecified atom stereocenters. The van der Waals surface area contributed by atoms with Gasteiger partial charge in [0.15, 0.2) is 0 Å². The lowest BCUT2D eigenvalue weighted by molar-refractivity contribution is 0.0743. The molecule has 1 aromatic carbocycles. The van der Waals surface area contributed by atoms with E-state index in [1.165, 1.54) is 6.42 Å². The molecule has 2 amide bonds. The minimum Gasteiger partial charge on any atom is -0.374 e. The summed E-state index contributed by atoms with van der Waals surface area (Å²) in [6.07, 6.45) is 1.25. The molecule has 6 heteroatoms. The summed E-state index contributed by atoms with van der Waals surface area (Å²) in [6, 6.07) is 9.93. The molecule has 0 radical (unpaired) electrons. The van der Waals surface area contributed by atoms with E-state index in [0.29, 0.717) is 19.8 Å². The van der Waals surface area contributed by atoms with E-state index in [-0.39, 0.29) is 6.03 Å². The Morgan fingerprint density at radius 2 is 2.04 bits per heavy atom. The molecule has 0 spiro atoms. The van der Waals surface area contributed by atoms with Gasteiger partial charge in [0.1, 0.15) is 0 Å². The molecular formula is C21H36N4O2. The number of ether oxygens (including phenoxy) is 1. The highest BCUT2D eigenvalue weighted by atomic mass is 16.5. The van der Waals surface area contributed by atoms with Gasteiger partial charge in [0.25, 0.3) is 0 Å². The third-order valence-corrected chi connectivity index (χ3v) is 4.73. The number of likely N-dealkylation sites (tertiary alicyclic amines) is 1. The molecule has 1 aliphatic rings. The molecule has 2 N–H and O–H groups in total. The number of carbonyl (C=O) groups excluding carboxylic acids is 1. The number of amides is 2. The van der Waals surface area contributed by atoms with Gasteiger partial charge in [-0.05, 0) is 52.4 Å². The van der Waals surface area contributed by atoms with Gasteiger partial charge < -0.3 is 25.2 Å². The van der Waals surface area contributed by atoms with Crippen molar-refractivity contribution >= 4 is 6.03 Å². The summed E-state index contributed by atoms with van der Waals surface area (Å²) in [5.41, 5.74) is 0.722. The Labute approximate surface area is 164 Å². The van der Waals surface area contributed by atoms with Gasteiger partial charge in [-0.2, -0.15) is 0 Å². The van der Waals surface area contributed by atoms with Crippen molar-refractivity contribution in [2.75, 3.05) is 53.4 Å². The minimum atomic E-state index is -0.413. The third kappa shape index (κ3) is 8.73. The second-order valence-corrected chi connectivity index (χ2v) is 8.46. The van der Waals surface area contributed by atoms with E-state index in [2.05, 4.69) is 34.5 Å². The molecule has 0 bridgehead atoms. The summed E-state index contributed by atoms with van der Waals surface area (Å²) in [6.45, 7) is 9.93. The van der Waals surface area contributed by atoms with Gasteiger partial charge in [0.2, 0.25) is 0 Å². The molecule has 6 nitrogen and oxygen atoms in total. The summed E-state index contributed by atoms with van der Waals surface area (Å²) in [7, 11) is 4.25. The number of nitrogens with zero attached hydrogens (tertiary/aromatic N) is 2. The quantitative estimate of drug-likeness (QED) is 0.657. The van der Waals surface area contributed by atoms with Gasteiger partial charge in [0.05, 0.1) is 18.8 Å². The SMILES string of the molecule is CN(C)CC1CCN(CCNC(=O)NC(C)(C)COCc2ccccc2)C1. The van der Waals surface area contributed by atoms with Gasteiger partial charge in [-0.3, -0.25) is 0 Å². The van der Waals surface area contributed by atoms with Crippen molar-refractivity contribution in [1.82, 2.24) is 20.4 Å². The fourth-order valence-electron chi connectivity index (χ4n) is 3.49. The van der Waals surface area contributed by atoms with E-state index in [1.54, 1.807) is 0 Å². The van der Waals surface area contributed by atoms with Crippen LogP contribution in [0.25, 0.3) is 0 Å². The van der Waals surface area contributed by atoms with Crippen LogP contribution in [0.15, 0.2) is 30.3 Å². The number of hydrogen-bond acceptors (Lipinski definition) is 4. The van der Waals surface area contributed by atoms with E-state index >= 15 is 0 Å². The van der Waals surface area contributed by atoms with Crippen molar-refractivity contribution in [2.24, 2.45) is 5.92 Å². The lowest BCUT2D eigenvalue weighted by Crippen LogP contribution is -2.51. The number of hydrogen-bond donors (Lipinski definition) is 2. The Kier molecular flexibility index (Phi) is 8.54. The number of urea groups is 1. The topological polar surface area (TPSA) is 56.8 Å². The summed E-state index contributed by atoms with van der Waals surface area (Å²) in [5, 5.41) is 5.97. The van der Waals surface area contributed by atoms with Crippen molar-refractivity contribution in [2.45, 2.75) is 32.4 Å². The fourth-order valence-corrected chi connectivity index (χ4v) is 3.49. The van der Waals surface area contributed by atoms with Gasteiger partial charge in [-0.15, -0.1) is 0 Å². The zero-order valence-electron chi connectivity index (χ0n) is 17.3. The van der Waals surface area contributed by atoms with Crippen LogP contribution >= 0.6 is 0 Å². The van der Waals surface area contributed by atoms with Crippen LogP contribution in [0.5, 0.6) is 0 Å². The Bertz CT molecular complexity index is 563. The Morgan fingerprint density at radius 1 is 1.30 bits per heavy atom. The molecular weight excluding hydrogens is 340 g/mol. The van der Waals surface area contributed by atoms with Crippen LogP contribution in [-0.2, 0) is 11.3 Å². The lowest BCUT2D eigenvalue weighted by Gasteiger charge is -2.26. The number of benzene rings is 1. The first kappa shape index (κ1) is 21.7. The first-order valence-corrected chi connectivity index (χ1v) is 9.89. The molecule has 0 aromatic heterocycles. The van der Waals surface area contributed by atoms with Gasteiger partial charge in [-0.1, -0.05) is 30.3 Å². The van der Waals surface area contributed by atoms with Crippen LogP contribution in [0.1, 0.15) is 25.8 Å². The molecule has 2 rings (SSSR count). The summed E-state index contributed by atoms with van der Waals surface area (Å²) < 4.78 is 5.76. The molecule has 1 heterocycles. The molecule has 1 atom stereocenters. The molecule has 1 aromatic rings. The number of rotatable bonds is 10. The zero-order chi connectivity index (χ0) is 19.7. The first-order valence-electron chi connectivity index (χ1n) is 9.89. The second kappa shape index (κ2) is 10.6. The van der Waals surface area contributed by atoms with Gasteiger partial charge in [-0.25, -0.2) is 4.79 Å². The molecule has 1 saturated heterocycles. The summed E-state index contributed by atoms with van der Waals surface area (Å²) in [4.78, 5) is 16.9. The standard InChI is InChI=1S/C21H36N4O2/c1-21(2,17-27-16-18-8-6-5-7-9-18)23-20(26)22-11-13-25-12-10-19(15-25)14-24(3)4/h5-9,19H,10-17H2,1-4H3,(H2,22,23,26). The van der Waals surface area contributed by atoms with Gasteiger partial charge >= 0.3 is 6.03 Å². The van der Waals surface area contributed by atoms with Crippen LogP contribution < -0.4 is 10.6 Å². The van der Waals surface area contributed by atoms with E-state index in [9.17, 15) is 4.79 Å². The maximum Gasteiger partial charge on any atom is 0.315 e. The highest BCUT2D eigenvalue weighted by Crippen LogP contribution is 2.15. The number of carbonyl (C=O) groups is 1. The van der Waals surface area contributed by atoms with Crippen molar-refractivity contribution in [3.63, 3.8) is 0 Å². The maximum absolute atomic E-state index is 12.2. The second-order valence-electron chi connectivity index (χ2n) is 8.46. The Balaban J connectivity index is 1.58. The molecule has 1 aliphatic heterocycles. The summed E-state index contributed by atoms with van der Waals surface area (Å²) in [5.74, 6) is 0.745. The third-order valence-electron chi connectivity index (χ3n) is 4.73. The highest BCUT2D eigenvalue weighted by molar-refractivity contribution is 5.74. The predicted octanol–water partition coefficient (Wildman–Crippen LogP) is 2.16. The normalized spacial score (nSPS) is 18.0. The van der Waals surface area contributed by atoms with E-state index in [1.807, 2.05) is 44.2 Å².